The van der Waals surface area contributed by atoms with E-state index in [-0.39, 0.29) is 6.04 Å². The molecule has 2 aromatic carbocycles. The average Bonchev–Trinajstić information content (AvgIpc) is 2.49. The Hall–Kier alpha value is -2.00. The summed E-state index contributed by atoms with van der Waals surface area (Å²) in [5.41, 5.74) is 9.75. The van der Waals surface area contributed by atoms with Crippen molar-refractivity contribution in [2.24, 2.45) is 5.73 Å². The second-order valence-corrected chi connectivity index (χ2v) is 4.91. The first-order valence-electron chi connectivity index (χ1n) is 7.38. The Morgan fingerprint density at radius 2 is 1.62 bits per heavy atom. The summed E-state index contributed by atoms with van der Waals surface area (Å²) >= 11 is 0. The summed E-state index contributed by atoms with van der Waals surface area (Å²) in [6.45, 7) is 7.21. The van der Waals surface area contributed by atoms with E-state index < -0.39 is 0 Å². The van der Waals surface area contributed by atoms with Crippen molar-refractivity contribution in [3.8, 4) is 11.5 Å². The highest BCUT2D eigenvalue weighted by Crippen LogP contribution is 2.32. The van der Waals surface area contributed by atoms with Crippen molar-refractivity contribution in [3.63, 3.8) is 0 Å². The van der Waals surface area contributed by atoms with Crippen LogP contribution in [0.1, 0.15) is 36.6 Å². The van der Waals surface area contributed by atoms with E-state index in [2.05, 4.69) is 19.1 Å². The van der Waals surface area contributed by atoms with Crippen LogP contribution < -0.4 is 15.2 Å². The predicted molar refractivity (Wildman–Crippen MR) is 86.0 cm³/mol. The molecule has 0 bridgehead atoms. The van der Waals surface area contributed by atoms with Gasteiger partial charge in [-0.05, 0) is 49.6 Å². The molecule has 0 saturated heterocycles. The van der Waals surface area contributed by atoms with Gasteiger partial charge >= 0.3 is 0 Å². The summed E-state index contributed by atoms with van der Waals surface area (Å²) in [7, 11) is 0. The van der Waals surface area contributed by atoms with Crippen molar-refractivity contribution in [2.75, 3.05) is 13.2 Å². The molecule has 0 aliphatic rings. The van der Waals surface area contributed by atoms with E-state index in [9.17, 15) is 0 Å². The lowest BCUT2D eigenvalue weighted by molar-refractivity contribution is 0.287. The van der Waals surface area contributed by atoms with Crippen molar-refractivity contribution < 1.29 is 9.47 Å². The molecular weight excluding hydrogens is 262 g/mol. The van der Waals surface area contributed by atoms with Crippen LogP contribution in [0.3, 0.4) is 0 Å². The van der Waals surface area contributed by atoms with Crippen molar-refractivity contribution in [3.05, 3.63) is 59.2 Å². The molecular formula is C18H23NO2. The van der Waals surface area contributed by atoms with Crippen LogP contribution in [0, 0.1) is 6.92 Å². The second kappa shape index (κ2) is 7.14. The largest absolute Gasteiger partial charge is 0.490 e. The maximum Gasteiger partial charge on any atom is 0.161 e. The highest BCUT2D eigenvalue weighted by Gasteiger charge is 2.14. The lowest BCUT2D eigenvalue weighted by Crippen LogP contribution is -2.13. The quantitative estimate of drug-likeness (QED) is 0.877. The smallest absolute Gasteiger partial charge is 0.161 e. The van der Waals surface area contributed by atoms with Gasteiger partial charge in [0.2, 0.25) is 0 Å². The Balaban J connectivity index is 2.35. The summed E-state index contributed by atoms with van der Waals surface area (Å²) in [4.78, 5) is 0. The second-order valence-electron chi connectivity index (χ2n) is 4.91. The lowest BCUT2D eigenvalue weighted by Gasteiger charge is -2.18. The van der Waals surface area contributed by atoms with E-state index >= 15 is 0 Å². The topological polar surface area (TPSA) is 44.5 Å². The van der Waals surface area contributed by atoms with Gasteiger partial charge in [0.15, 0.2) is 11.5 Å². The molecule has 2 rings (SSSR count). The number of aryl methyl sites for hydroxylation is 1. The number of rotatable bonds is 6. The predicted octanol–water partition coefficient (Wildman–Crippen LogP) is 3.84. The number of nitrogens with two attached hydrogens (primary N) is 1. The molecule has 0 radical (unpaired) electrons. The van der Waals surface area contributed by atoms with Crippen LogP contribution in [0.25, 0.3) is 0 Å². The van der Waals surface area contributed by atoms with Gasteiger partial charge in [-0.25, -0.2) is 0 Å². The van der Waals surface area contributed by atoms with Crippen LogP contribution in [0.15, 0.2) is 42.5 Å². The summed E-state index contributed by atoms with van der Waals surface area (Å²) in [5.74, 6) is 1.51. The molecule has 0 amide bonds. The maximum atomic E-state index is 6.41. The van der Waals surface area contributed by atoms with Crippen molar-refractivity contribution in [1.82, 2.24) is 0 Å². The van der Waals surface area contributed by atoms with Crippen LogP contribution in [0.4, 0.5) is 0 Å². The molecule has 0 heterocycles. The molecule has 0 aliphatic carbocycles. The van der Waals surface area contributed by atoms with Gasteiger partial charge in [0.25, 0.3) is 0 Å². The minimum absolute atomic E-state index is 0.166. The molecule has 1 atom stereocenters. The molecule has 1 unspecified atom stereocenters. The normalized spacial score (nSPS) is 12.0. The number of hydrogen-bond acceptors (Lipinski definition) is 3. The Morgan fingerprint density at radius 3 is 2.29 bits per heavy atom. The van der Waals surface area contributed by atoms with Crippen molar-refractivity contribution in [2.45, 2.75) is 26.8 Å². The van der Waals surface area contributed by atoms with Crippen LogP contribution in [0.5, 0.6) is 11.5 Å². The van der Waals surface area contributed by atoms with Gasteiger partial charge in [0.1, 0.15) is 0 Å². The first-order chi connectivity index (χ1) is 10.2. The molecule has 3 nitrogen and oxygen atoms in total. The Labute approximate surface area is 126 Å². The monoisotopic (exact) mass is 285 g/mol. The standard InChI is InChI=1S/C18H23NO2/c1-4-20-16-11-10-14(12-17(16)21-5-2)18(19)15-9-7-6-8-13(15)3/h6-12,18H,4-5,19H2,1-3H3. The maximum absolute atomic E-state index is 6.41. The third-order valence-electron chi connectivity index (χ3n) is 3.45. The van der Waals surface area contributed by atoms with Gasteiger partial charge < -0.3 is 15.2 Å². The summed E-state index contributed by atoms with van der Waals surface area (Å²) in [6, 6.07) is 13.9. The van der Waals surface area contributed by atoms with Crippen molar-refractivity contribution in [1.29, 1.82) is 0 Å². The van der Waals surface area contributed by atoms with Gasteiger partial charge in [0, 0.05) is 0 Å². The van der Waals surface area contributed by atoms with Gasteiger partial charge in [-0.2, -0.15) is 0 Å². The number of hydrogen-bond donors (Lipinski definition) is 1. The fourth-order valence-corrected chi connectivity index (χ4v) is 2.38. The number of ether oxygens (including phenoxy) is 2. The van der Waals surface area contributed by atoms with E-state index in [1.165, 1.54) is 5.56 Å². The molecule has 0 aliphatic heterocycles. The molecule has 0 saturated carbocycles. The number of benzene rings is 2. The van der Waals surface area contributed by atoms with E-state index in [0.717, 1.165) is 22.6 Å². The molecule has 2 N–H and O–H groups in total. The van der Waals surface area contributed by atoms with E-state index in [4.69, 9.17) is 15.2 Å². The molecule has 2 aromatic rings. The zero-order valence-electron chi connectivity index (χ0n) is 12.9. The Morgan fingerprint density at radius 1 is 0.952 bits per heavy atom. The molecule has 0 aromatic heterocycles. The minimum Gasteiger partial charge on any atom is -0.490 e. The highest BCUT2D eigenvalue weighted by atomic mass is 16.5. The van der Waals surface area contributed by atoms with E-state index in [0.29, 0.717) is 13.2 Å². The SMILES string of the molecule is CCOc1ccc(C(N)c2ccccc2C)cc1OCC. The first kappa shape index (κ1) is 15.4. The fourth-order valence-electron chi connectivity index (χ4n) is 2.38. The summed E-state index contributed by atoms with van der Waals surface area (Å²) < 4.78 is 11.3. The van der Waals surface area contributed by atoms with Crippen molar-refractivity contribution >= 4 is 0 Å². The van der Waals surface area contributed by atoms with Gasteiger partial charge in [-0.1, -0.05) is 30.3 Å². The fraction of sp³-hybridized carbons (Fsp3) is 0.333. The Kier molecular flexibility index (Phi) is 5.23. The molecule has 112 valence electrons. The Bertz CT molecular complexity index is 596. The minimum atomic E-state index is -0.166. The van der Waals surface area contributed by atoms with Gasteiger partial charge in [-0.15, -0.1) is 0 Å². The van der Waals surface area contributed by atoms with Crippen LogP contribution in [0.2, 0.25) is 0 Å². The summed E-state index contributed by atoms with van der Waals surface area (Å²) in [5, 5.41) is 0. The first-order valence-corrected chi connectivity index (χ1v) is 7.38. The van der Waals surface area contributed by atoms with E-state index in [1.807, 2.05) is 44.2 Å². The van der Waals surface area contributed by atoms with Gasteiger partial charge in [0.05, 0.1) is 19.3 Å². The van der Waals surface area contributed by atoms with Crippen LogP contribution >= 0.6 is 0 Å². The van der Waals surface area contributed by atoms with Crippen LogP contribution in [-0.4, -0.2) is 13.2 Å². The third-order valence-corrected chi connectivity index (χ3v) is 3.45. The average molecular weight is 285 g/mol. The molecule has 0 spiro atoms. The third kappa shape index (κ3) is 3.56. The zero-order valence-corrected chi connectivity index (χ0v) is 12.9. The highest BCUT2D eigenvalue weighted by molar-refractivity contribution is 5.46. The van der Waals surface area contributed by atoms with Crippen LogP contribution in [-0.2, 0) is 0 Å². The summed E-state index contributed by atoms with van der Waals surface area (Å²) in [6.07, 6.45) is 0. The molecule has 3 heteroatoms. The lowest BCUT2D eigenvalue weighted by atomic mass is 9.95. The molecule has 21 heavy (non-hydrogen) atoms. The van der Waals surface area contributed by atoms with E-state index in [1.54, 1.807) is 0 Å². The molecule has 0 fully saturated rings. The van der Waals surface area contributed by atoms with Gasteiger partial charge in [-0.3, -0.25) is 0 Å². The zero-order chi connectivity index (χ0) is 15.2.